The molecule has 0 aliphatic heterocycles. The maximum Gasteiger partial charge on any atom is 0.323 e. The van der Waals surface area contributed by atoms with Crippen LogP contribution in [0.15, 0.2) is 136 Å². The van der Waals surface area contributed by atoms with Crippen LogP contribution in [0.3, 0.4) is 0 Å². The predicted molar refractivity (Wildman–Crippen MR) is 380 cm³/mol. The zero-order valence-electron chi connectivity index (χ0n) is 56.4. The average Bonchev–Trinajstić information content (AvgIpc) is 0.815. The molecule has 0 aliphatic carbocycles. The molecule has 0 heterocycles. The van der Waals surface area contributed by atoms with Crippen molar-refractivity contribution in [2.75, 3.05) is 96.1 Å². The lowest BCUT2D eigenvalue weighted by Gasteiger charge is -2.21. The minimum atomic E-state index is -4.81. The monoisotopic (exact) mass is 1540 g/mol. The van der Waals surface area contributed by atoms with Crippen molar-refractivity contribution in [3.05, 3.63) is 107 Å². The van der Waals surface area contributed by atoms with E-state index < -0.39 is 99.5 Å². The van der Waals surface area contributed by atoms with E-state index in [-0.39, 0.29) is 132 Å². The molecule has 2 amide bonds. The van der Waals surface area contributed by atoms with E-state index in [4.69, 9.17) is 18.9 Å². The van der Waals surface area contributed by atoms with Crippen LogP contribution in [0.5, 0.6) is 23.0 Å². The largest absolute Gasteiger partial charge is 0.491 e. The molecule has 0 spiro atoms. The molecule has 0 aromatic heterocycles. The number of ether oxygens (including phenoxy) is 4. The number of benzene rings is 6. The first-order valence-electron chi connectivity index (χ1n) is 31.1. The number of aryl methyl sites for hydroxylation is 4. The first kappa shape index (κ1) is 82.2. The van der Waals surface area contributed by atoms with E-state index in [0.717, 1.165) is 0 Å². The summed E-state index contributed by atoms with van der Waals surface area (Å²) >= 11 is 0. The highest BCUT2D eigenvalue weighted by Crippen LogP contribution is 2.43. The van der Waals surface area contributed by atoms with Gasteiger partial charge in [0.2, 0.25) is 0 Å². The number of nitrogens with zero attached hydrogens (tertiary/aromatic N) is 10. The Kier molecular flexibility index (Phi) is 28.9. The van der Waals surface area contributed by atoms with Crippen LogP contribution in [0.4, 0.5) is 73.0 Å². The van der Waals surface area contributed by atoms with Crippen LogP contribution in [-0.4, -0.2) is 159 Å². The van der Waals surface area contributed by atoms with Gasteiger partial charge in [-0.25, -0.2) is 4.79 Å². The Balaban J connectivity index is 1.36. The van der Waals surface area contributed by atoms with Crippen molar-refractivity contribution >= 4 is 135 Å². The molecule has 0 radical (unpaired) electrons. The lowest BCUT2D eigenvalue weighted by Crippen LogP contribution is -2.22. The molecule has 0 atom stereocenters. The Morgan fingerprint density at radius 2 is 0.608 bits per heavy atom. The Hall–Kier alpha value is -8.75. The molecule has 6 rings (SSSR count). The lowest BCUT2D eigenvalue weighted by molar-refractivity contribution is 0.261. The fraction of sp³-hybridized carbons (Fsp3) is 0.393. The van der Waals surface area contributed by atoms with Gasteiger partial charge in [0.15, 0.2) is 0 Å². The third kappa shape index (κ3) is 25.9. The maximum atomic E-state index is 14.2. The van der Waals surface area contributed by atoms with Gasteiger partial charge in [0, 0.05) is 61.8 Å². The molecule has 556 valence electrons. The second kappa shape index (κ2) is 35.9. The van der Waals surface area contributed by atoms with Crippen LogP contribution < -0.4 is 39.4 Å². The van der Waals surface area contributed by atoms with Gasteiger partial charge >= 0.3 is 6.03 Å². The van der Waals surface area contributed by atoms with Gasteiger partial charge in [-0.15, -0.1) is 20.5 Å². The minimum Gasteiger partial charge on any atom is -0.491 e. The van der Waals surface area contributed by atoms with Gasteiger partial charge in [0.05, 0.1) is 83.6 Å². The SMILES string of the molecule is CCN(CC)c1ccc(N=Nc2cc(OCCCS(=O)(=O)O)c(N=Nc3cc(OCCCS(=O)(=O)O)c(NC(=O)Nc4cc(C)c(N=Nc5cc(C)c(N=Nc6ccc(N(CC)CC)cc6S(=O)(=O)O)cc5OCCCS(=O)(=O)O)cc4OCCCS(=O)(=O)O)cc3C)cc2C)c(S(=O)(=O)O)c1. The summed E-state index contributed by atoms with van der Waals surface area (Å²) in [6.07, 6.45) is -0.868. The van der Waals surface area contributed by atoms with E-state index in [9.17, 15) is 82.6 Å². The Morgan fingerprint density at radius 1 is 0.353 bits per heavy atom. The van der Waals surface area contributed by atoms with Gasteiger partial charge in [0.1, 0.15) is 55.5 Å². The second-order valence-electron chi connectivity index (χ2n) is 22.4. The van der Waals surface area contributed by atoms with Gasteiger partial charge < -0.3 is 39.4 Å². The molecule has 41 heteroatoms. The van der Waals surface area contributed by atoms with E-state index in [1.807, 2.05) is 37.5 Å². The van der Waals surface area contributed by atoms with Crippen LogP contribution in [-0.2, 0) is 60.7 Å². The molecule has 0 unspecified atom stereocenters. The quantitative estimate of drug-likeness (QED) is 0.0101. The molecule has 0 saturated heterocycles. The van der Waals surface area contributed by atoms with Crippen molar-refractivity contribution in [1.29, 1.82) is 0 Å². The first-order chi connectivity index (χ1) is 47.7. The fourth-order valence-corrected chi connectivity index (χ4v) is 12.7. The number of rotatable bonds is 38. The molecule has 6 aromatic rings. The summed E-state index contributed by atoms with van der Waals surface area (Å²) in [6.45, 7) is 14.6. The van der Waals surface area contributed by atoms with Crippen LogP contribution in [0.2, 0.25) is 0 Å². The number of anilines is 4. The van der Waals surface area contributed by atoms with Crippen molar-refractivity contribution < 1.29 is 102 Å². The average molecular weight is 1540 g/mol. The number of azo groups is 4. The van der Waals surface area contributed by atoms with Crippen LogP contribution >= 0.6 is 0 Å². The van der Waals surface area contributed by atoms with Crippen LogP contribution in [0.1, 0.15) is 75.6 Å². The summed E-state index contributed by atoms with van der Waals surface area (Å²) in [6, 6.07) is 18.6. The zero-order chi connectivity index (χ0) is 75.5. The molecule has 0 saturated carbocycles. The van der Waals surface area contributed by atoms with Gasteiger partial charge in [-0.3, -0.25) is 27.3 Å². The molecule has 0 bridgehead atoms. The van der Waals surface area contributed by atoms with Crippen molar-refractivity contribution in [1.82, 2.24) is 0 Å². The van der Waals surface area contributed by atoms with Crippen molar-refractivity contribution in [2.45, 2.75) is 90.9 Å². The Morgan fingerprint density at radius 3 is 0.882 bits per heavy atom. The van der Waals surface area contributed by atoms with Crippen molar-refractivity contribution in [3.63, 3.8) is 0 Å². The van der Waals surface area contributed by atoms with Crippen LogP contribution in [0.25, 0.3) is 0 Å². The van der Waals surface area contributed by atoms with Crippen molar-refractivity contribution in [3.8, 4) is 23.0 Å². The summed E-state index contributed by atoms with van der Waals surface area (Å²) in [7, 11) is -27.3. The number of urea groups is 1. The lowest BCUT2D eigenvalue weighted by atomic mass is 10.1. The van der Waals surface area contributed by atoms with E-state index in [1.165, 1.54) is 72.8 Å². The molecular weight excluding hydrogens is 1460 g/mol. The van der Waals surface area contributed by atoms with Gasteiger partial charge in [-0.2, -0.15) is 71.0 Å². The summed E-state index contributed by atoms with van der Waals surface area (Å²) < 4.78 is 225. The number of hydrogen-bond acceptors (Lipinski definition) is 27. The number of amides is 2. The number of carbonyl (C=O) groups excluding carboxylic acids is 1. The van der Waals surface area contributed by atoms with Crippen LogP contribution in [0, 0.1) is 27.7 Å². The van der Waals surface area contributed by atoms with Crippen molar-refractivity contribution in [2.24, 2.45) is 40.9 Å². The molecule has 0 fully saturated rings. The van der Waals surface area contributed by atoms with E-state index in [0.29, 0.717) is 59.8 Å². The summed E-state index contributed by atoms with van der Waals surface area (Å²) in [5.41, 5.74) is 2.39. The Labute approximate surface area is 591 Å². The normalized spacial score (nSPS) is 12.6. The third-order valence-corrected chi connectivity index (χ3v) is 19.6. The second-order valence-corrected chi connectivity index (χ2v) is 31.5. The first-order valence-corrected chi connectivity index (χ1v) is 40.4. The minimum absolute atomic E-state index is 0.0284. The molecule has 6 aromatic carbocycles. The maximum absolute atomic E-state index is 14.2. The fourth-order valence-electron chi connectivity index (χ4n) is 9.49. The summed E-state index contributed by atoms with van der Waals surface area (Å²) in [5.74, 6) is -3.09. The highest BCUT2D eigenvalue weighted by atomic mass is 32.2. The number of nitrogens with one attached hydrogen (secondary N) is 2. The highest BCUT2D eigenvalue weighted by Gasteiger charge is 2.23. The van der Waals surface area contributed by atoms with E-state index >= 15 is 0 Å². The Bertz CT molecular complexity index is 4580. The number of hydrogen-bond donors (Lipinski definition) is 8. The molecule has 8 N–H and O–H groups in total. The zero-order valence-corrected chi connectivity index (χ0v) is 61.3. The summed E-state index contributed by atoms with van der Waals surface area (Å²) in [4.78, 5) is 16.8. The molecule has 0 aliphatic rings. The summed E-state index contributed by atoms with van der Waals surface area (Å²) in [5, 5.41) is 39.7. The third-order valence-electron chi connectivity index (χ3n) is 14.6. The standard InChI is InChI=1S/C61H78N12O23S6/c1-9-72(10-2)43-17-19-45(59(33-43)101(87,88)89)64-66-49-37-57(95-23-15-27-99(81,82)83)53(31-41(49)7)70-68-47-35-55(93-21-13-25-97(75,76)77)51(29-39(47)5)62-61(74)63-52-30-40(6)48(36-56(52)94-22-14-26-98(78,79)80)69-71-54-32-42(8)50(38-58(54)96-24-16-28-100(84,85)86)67-65-46-20-18-44(73(11-3)12-4)34-60(46)102(90,91)92/h17-20,29-38H,9-16,21-28H2,1-8H3,(H2,62,63,74)(H,75,76,77)(H,78,79,80)(H,81,82,83)(H,84,85,86)(H,87,88,89)(H,90,91,92). The van der Waals surface area contributed by atoms with E-state index in [1.54, 1.807) is 39.8 Å². The van der Waals surface area contributed by atoms with Gasteiger partial charge in [-0.1, -0.05) is 0 Å². The van der Waals surface area contributed by atoms with Gasteiger partial charge in [0.25, 0.3) is 60.7 Å². The smallest absolute Gasteiger partial charge is 0.323 e. The molecule has 35 nitrogen and oxygen atoms in total. The molecule has 102 heavy (non-hydrogen) atoms. The molecular formula is C61H78N12O23S6. The van der Waals surface area contributed by atoms with Gasteiger partial charge in [-0.05, 0) is 164 Å². The van der Waals surface area contributed by atoms with E-state index in [2.05, 4.69) is 51.5 Å². The highest BCUT2D eigenvalue weighted by molar-refractivity contribution is 7.87. The predicted octanol–water partition coefficient (Wildman–Crippen LogP) is 13.0. The number of carbonyl (C=O) groups is 1. The topological polar surface area (TPSA) is 510 Å².